The Morgan fingerprint density at radius 3 is 2.23 bits per heavy atom. The maximum absolute atomic E-state index is 13.9. The SMILES string of the molecule is COC(=O)CNC(=O)Cn1c(=O)n(C2C[C@H]3CCC[C@@H](C2)N3C2C[C@H]3CCC[C@@H](C2)C3)c(=O)c2ccccc21. The Balaban J connectivity index is 1.30. The number of nitrogens with one attached hydrogen (secondary N) is 1. The summed E-state index contributed by atoms with van der Waals surface area (Å²) in [6.45, 7) is -0.542. The van der Waals surface area contributed by atoms with Gasteiger partial charge in [-0.25, -0.2) is 4.79 Å². The molecule has 2 aromatic rings. The smallest absolute Gasteiger partial charge is 0.332 e. The third kappa shape index (κ3) is 5.06. The summed E-state index contributed by atoms with van der Waals surface area (Å²) in [5.41, 5.74) is -0.287. The van der Waals surface area contributed by atoms with Crippen molar-refractivity contribution in [1.82, 2.24) is 19.4 Å². The monoisotopic (exact) mass is 536 g/mol. The third-order valence-electron chi connectivity index (χ3n) is 9.94. The van der Waals surface area contributed by atoms with Gasteiger partial charge in [-0.2, -0.15) is 0 Å². The minimum Gasteiger partial charge on any atom is -0.468 e. The quantitative estimate of drug-likeness (QED) is 0.570. The number of aromatic nitrogens is 2. The van der Waals surface area contributed by atoms with Gasteiger partial charge in [-0.05, 0) is 68.9 Å². The fourth-order valence-electron chi connectivity index (χ4n) is 8.39. The van der Waals surface area contributed by atoms with Crippen LogP contribution in [0.25, 0.3) is 10.9 Å². The minimum absolute atomic E-state index is 0.186. The average Bonchev–Trinajstić information content (AvgIpc) is 2.93. The van der Waals surface area contributed by atoms with Gasteiger partial charge in [0.1, 0.15) is 13.1 Å². The molecule has 1 amide bonds. The molecule has 1 N–H and O–H groups in total. The van der Waals surface area contributed by atoms with Crippen LogP contribution >= 0.6 is 0 Å². The van der Waals surface area contributed by atoms with Crippen LogP contribution in [0, 0.1) is 11.8 Å². The Bertz CT molecular complexity index is 1340. The van der Waals surface area contributed by atoms with Crippen molar-refractivity contribution in [2.75, 3.05) is 13.7 Å². The molecule has 4 fully saturated rings. The molecule has 2 unspecified atom stereocenters. The summed E-state index contributed by atoms with van der Waals surface area (Å²) < 4.78 is 7.42. The molecule has 9 nitrogen and oxygen atoms in total. The number of para-hydroxylation sites is 1. The lowest BCUT2D eigenvalue weighted by molar-refractivity contribution is -0.141. The number of nitrogens with zero attached hydrogens (tertiary/aromatic N) is 3. The number of rotatable bonds is 6. The number of methoxy groups -OCH3 is 1. The maximum Gasteiger partial charge on any atom is 0.332 e. The third-order valence-corrected chi connectivity index (χ3v) is 9.94. The molecule has 2 saturated carbocycles. The van der Waals surface area contributed by atoms with Crippen LogP contribution in [0.15, 0.2) is 33.9 Å². The predicted molar refractivity (Wildman–Crippen MR) is 148 cm³/mol. The number of fused-ring (bicyclic) bond motifs is 5. The van der Waals surface area contributed by atoms with Crippen LogP contribution in [0.1, 0.15) is 76.7 Å². The lowest BCUT2D eigenvalue weighted by Gasteiger charge is -2.55. The fourth-order valence-corrected chi connectivity index (χ4v) is 8.39. The van der Waals surface area contributed by atoms with Crippen LogP contribution in [-0.4, -0.2) is 57.7 Å². The van der Waals surface area contributed by atoms with Gasteiger partial charge >= 0.3 is 11.7 Å². The average molecular weight is 537 g/mol. The van der Waals surface area contributed by atoms with E-state index in [1.807, 2.05) is 0 Å². The summed E-state index contributed by atoms with van der Waals surface area (Å²) in [5, 5.41) is 2.95. The second-order valence-electron chi connectivity index (χ2n) is 12.2. The van der Waals surface area contributed by atoms with E-state index in [1.165, 1.54) is 61.2 Å². The lowest BCUT2D eigenvalue weighted by Crippen LogP contribution is -2.59. The van der Waals surface area contributed by atoms with Crippen LogP contribution in [0.4, 0.5) is 0 Å². The zero-order valence-electron chi connectivity index (χ0n) is 22.8. The summed E-state index contributed by atoms with van der Waals surface area (Å²) in [6, 6.07) is 8.21. The summed E-state index contributed by atoms with van der Waals surface area (Å²) in [6.07, 6.45) is 13.2. The van der Waals surface area contributed by atoms with Crippen LogP contribution < -0.4 is 16.6 Å². The van der Waals surface area contributed by atoms with E-state index in [0.717, 1.165) is 37.5 Å². The van der Waals surface area contributed by atoms with Gasteiger partial charge in [-0.3, -0.25) is 28.4 Å². The molecule has 39 heavy (non-hydrogen) atoms. The molecule has 0 spiro atoms. The molecular formula is C30H40N4O5. The topological polar surface area (TPSA) is 103 Å². The first-order valence-electron chi connectivity index (χ1n) is 14.8. The van der Waals surface area contributed by atoms with Gasteiger partial charge in [0.05, 0.1) is 18.0 Å². The Hall–Kier alpha value is -2.94. The van der Waals surface area contributed by atoms with E-state index in [4.69, 9.17) is 0 Å². The van der Waals surface area contributed by atoms with Crippen LogP contribution in [0.2, 0.25) is 0 Å². The van der Waals surface area contributed by atoms with Crippen molar-refractivity contribution in [3.63, 3.8) is 0 Å². The number of hydrogen-bond acceptors (Lipinski definition) is 6. The van der Waals surface area contributed by atoms with E-state index in [1.54, 1.807) is 24.3 Å². The van der Waals surface area contributed by atoms with E-state index in [-0.39, 0.29) is 24.7 Å². The molecule has 3 heterocycles. The Morgan fingerprint density at radius 2 is 1.54 bits per heavy atom. The number of piperidine rings is 2. The van der Waals surface area contributed by atoms with Gasteiger partial charge in [0.2, 0.25) is 5.91 Å². The Kier molecular flexibility index (Phi) is 7.35. The van der Waals surface area contributed by atoms with Crippen LogP contribution in [0.5, 0.6) is 0 Å². The van der Waals surface area contributed by atoms with Crippen molar-refractivity contribution >= 4 is 22.8 Å². The first kappa shape index (κ1) is 26.3. The van der Waals surface area contributed by atoms with Crippen molar-refractivity contribution in [3.05, 3.63) is 45.1 Å². The molecular weight excluding hydrogens is 496 g/mol. The van der Waals surface area contributed by atoms with Gasteiger partial charge in [0.25, 0.3) is 5.56 Å². The highest BCUT2D eigenvalue weighted by molar-refractivity contribution is 5.84. The fraction of sp³-hybridized carbons (Fsp3) is 0.667. The molecule has 1 aromatic heterocycles. The van der Waals surface area contributed by atoms with Gasteiger partial charge < -0.3 is 10.1 Å². The molecule has 210 valence electrons. The van der Waals surface area contributed by atoms with Crippen molar-refractivity contribution in [2.45, 2.75) is 101 Å². The molecule has 2 aliphatic carbocycles. The second kappa shape index (κ2) is 10.9. The highest BCUT2D eigenvalue weighted by atomic mass is 16.5. The molecule has 1 aromatic carbocycles. The normalized spacial score (nSPS) is 30.6. The summed E-state index contributed by atoms with van der Waals surface area (Å²) >= 11 is 0. The first-order chi connectivity index (χ1) is 18.9. The first-order valence-corrected chi connectivity index (χ1v) is 14.8. The molecule has 4 bridgehead atoms. The molecule has 6 rings (SSSR count). The highest BCUT2D eigenvalue weighted by Gasteiger charge is 2.45. The predicted octanol–water partition coefficient (Wildman–Crippen LogP) is 2.98. The van der Waals surface area contributed by atoms with Crippen molar-refractivity contribution in [2.24, 2.45) is 11.8 Å². The van der Waals surface area contributed by atoms with Crippen LogP contribution in [-0.2, 0) is 20.9 Å². The zero-order chi connectivity index (χ0) is 27.1. The number of hydrogen-bond donors (Lipinski definition) is 1. The maximum atomic E-state index is 13.9. The van der Waals surface area contributed by atoms with E-state index < -0.39 is 17.6 Å². The van der Waals surface area contributed by atoms with E-state index in [0.29, 0.717) is 29.0 Å². The summed E-state index contributed by atoms with van der Waals surface area (Å²) in [7, 11) is 1.25. The van der Waals surface area contributed by atoms with Gasteiger partial charge in [-0.15, -0.1) is 0 Å². The minimum atomic E-state index is -0.564. The number of ether oxygens (including phenoxy) is 1. The zero-order valence-corrected chi connectivity index (χ0v) is 22.8. The Morgan fingerprint density at radius 1 is 0.872 bits per heavy atom. The molecule has 2 aliphatic heterocycles. The van der Waals surface area contributed by atoms with E-state index in [9.17, 15) is 19.2 Å². The molecule has 2 saturated heterocycles. The number of esters is 1. The van der Waals surface area contributed by atoms with Crippen molar-refractivity contribution in [3.8, 4) is 0 Å². The van der Waals surface area contributed by atoms with Crippen molar-refractivity contribution in [1.29, 1.82) is 0 Å². The molecule has 9 heteroatoms. The van der Waals surface area contributed by atoms with E-state index in [2.05, 4.69) is 15.0 Å². The number of amides is 1. The molecule has 4 aliphatic rings. The standard InChI is InChI=1S/C30H40N4O5/c1-39-28(36)17-31-27(35)18-32-26-11-3-2-10-25(26)29(37)34(30(32)38)24-15-21-8-5-9-22(16-24)33(21)23-13-19-6-4-7-20(12-19)14-23/h2-3,10-11,19-24H,4-9,12-18H2,1H3,(H,31,35)/t19-,20+,21-,22+,23?,24?. The summed E-state index contributed by atoms with van der Waals surface area (Å²) in [5.74, 6) is 0.681. The van der Waals surface area contributed by atoms with E-state index >= 15 is 0 Å². The molecule has 0 radical (unpaired) electrons. The Labute approximate surface area is 228 Å². The molecule has 6 atom stereocenters. The number of carbonyl (C=O) groups is 2. The van der Waals surface area contributed by atoms with Gasteiger partial charge in [0, 0.05) is 24.2 Å². The second-order valence-corrected chi connectivity index (χ2v) is 12.2. The number of benzene rings is 1. The van der Waals surface area contributed by atoms with Gasteiger partial charge in [-0.1, -0.05) is 37.8 Å². The largest absolute Gasteiger partial charge is 0.468 e. The highest BCUT2D eigenvalue weighted by Crippen LogP contribution is 2.47. The van der Waals surface area contributed by atoms with Crippen LogP contribution in [0.3, 0.4) is 0 Å². The lowest BCUT2D eigenvalue weighted by atomic mass is 9.68. The van der Waals surface area contributed by atoms with Gasteiger partial charge in [0.15, 0.2) is 0 Å². The van der Waals surface area contributed by atoms with Crippen molar-refractivity contribution < 1.29 is 14.3 Å². The summed E-state index contributed by atoms with van der Waals surface area (Å²) in [4.78, 5) is 54.7. The number of carbonyl (C=O) groups excluding carboxylic acids is 2.